The van der Waals surface area contributed by atoms with Crippen LogP contribution in [0.2, 0.25) is 0 Å². The molecule has 21 heavy (non-hydrogen) atoms. The molecule has 0 fully saturated rings. The first kappa shape index (κ1) is 12.5. The number of nitrogens with zero attached hydrogens (tertiary/aromatic N) is 1. The molecule has 2 heterocycles. The van der Waals surface area contributed by atoms with Gasteiger partial charge in [0.1, 0.15) is 12.4 Å². The largest absolute Gasteiger partial charge is 0.488 e. The van der Waals surface area contributed by atoms with Gasteiger partial charge in [-0.25, -0.2) is 0 Å². The van der Waals surface area contributed by atoms with Crippen LogP contribution in [0.3, 0.4) is 0 Å². The Morgan fingerprint density at radius 2 is 2.00 bits per heavy atom. The first-order valence-electron chi connectivity index (χ1n) is 7.22. The summed E-state index contributed by atoms with van der Waals surface area (Å²) in [6.07, 6.45) is 0.526. The van der Waals surface area contributed by atoms with Gasteiger partial charge in [-0.3, -0.25) is 4.39 Å². The van der Waals surface area contributed by atoms with Crippen LogP contribution < -0.4 is 4.74 Å². The fraction of sp³-hybridized carbons (Fsp3) is 0.222. The lowest BCUT2D eigenvalue weighted by Gasteiger charge is -2.06. The zero-order valence-electron chi connectivity index (χ0n) is 11.7. The topological polar surface area (TPSA) is 14.2 Å². The molecule has 0 spiro atoms. The maximum atomic E-state index is 12.6. The van der Waals surface area contributed by atoms with Crippen molar-refractivity contribution in [1.82, 2.24) is 4.57 Å². The SMILES string of the molecule is C=C1COc2c1ccc1c2c2ccccc2n1CCCF. The summed E-state index contributed by atoms with van der Waals surface area (Å²) >= 11 is 0. The van der Waals surface area contributed by atoms with E-state index < -0.39 is 0 Å². The summed E-state index contributed by atoms with van der Waals surface area (Å²) in [7, 11) is 0. The zero-order chi connectivity index (χ0) is 14.4. The molecule has 3 heteroatoms. The number of benzene rings is 2. The van der Waals surface area contributed by atoms with E-state index in [0.29, 0.717) is 19.6 Å². The van der Waals surface area contributed by atoms with Crippen molar-refractivity contribution in [2.75, 3.05) is 13.3 Å². The highest BCUT2D eigenvalue weighted by atomic mass is 19.1. The van der Waals surface area contributed by atoms with E-state index in [1.165, 1.54) is 0 Å². The normalized spacial score (nSPS) is 13.9. The Morgan fingerprint density at radius 3 is 2.86 bits per heavy atom. The van der Waals surface area contributed by atoms with Crippen molar-refractivity contribution < 1.29 is 9.13 Å². The van der Waals surface area contributed by atoms with Crippen molar-refractivity contribution in [3.8, 4) is 5.75 Å². The number of rotatable bonds is 3. The molecule has 2 aromatic carbocycles. The predicted octanol–water partition coefficient (Wildman–Crippen LogP) is 4.56. The molecule has 0 saturated carbocycles. The fourth-order valence-corrected chi connectivity index (χ4v) is 3.23. The first-order valence-corrected chi connectivity index (χ1v) is 7.22. The Bertz CT molecular complexity index is 862. The van der Waals surface area contributed by atoms with Gasteiger partial charge < -0.3 is 9.30 Å². The van der Waals surface area contributed by atoms with Crippen LogP contribution in [0.15, 0.2) is 43.0 Å². The van der Waals surface area contributed by atoms with E-state index in [1.807, 2.05) is 12.1 Å². The van der Waals surface area contributed by atoms with E-state index in [1.54, 1.807) is 0 Å². The molecule has 1 aliphatic rings. The molecule has 106 valence electrons. The number of aryl methyl sites for hydroxylation is 1. The number of halogens is 1. The predicted molar refractivity (Wildman–Crippen MR) is 84.6 cm³/mol. The second-order valence-electron chi connectivity index (χ2n) is 5.44. The van der Waals surface area contributed by atoms with E-state index in [0.717, 1.165) is 38.7 Å². The van der Waals surface area contributed by atoms with Crippen molar-refractivity contribution in [2.45, 2.75) is 13.0 Å². The van der Waals surface area contributed by atoms with Gasteiger partial charge in [0.2, 0.25) is 0 Å². The van der Waals surface area contributed by atoms with E-state index in [2.05, 4.69) is 35.4 Å². The summed E-state index contributed by atoms with van der Waals surface area (Å²) in [6.45, 7) is 4.99. The molecule has 0 bridgehead atoms. The van der Waals surface area contributed by atoms with Gasteiger partial charge in [-0.1, -0.05) is 24.8 Å². The van der Waals surface area contributed by atoms with Crippen LogP contribution in [0.5, 0.6) is 5.75 Å². The number of fused-ring (bicyclic) bond motifs is 5. The monoisotopic (exact) mass is 281 g/mol. The number of aromatic nitrogens is 1. The fourth-order valence-electron chi connectivity index (χ4n) is 3.23. The average Bonchev–Trinajstić information content (AvgIpc) is 3.04. The van der Waals surface area contributed by atoms with Crippen molar-refractivity contribution in [1.29, 1.82) is 0 Å². The highest BCUT2D eigenvalue weighted by Gasteiger charge is 2.22. The van der Waals surface area contributed by atoms with Gasteiger partial charge in [-0.2, -0.15) is 0 Å². The Balaban J connectivity index is 2.10. The maximum absolute atomic E-state index is 12.6. The van der Waals surface area contributed by atoms with Crippen molar-refractivity contribution in [2.24, 2.45) is 0 Å². The van der Waals surface area contributed by atoms with Gasteiger partial charge in [0.05, 0.1) is 17.6 Å². The summed E-state index contributed by atoms with van der Waals surface area (Å²) in [4.78, 5) is 0. The molecule has 0 atom stereocenters. The van der Waals surface area contributed by atoms with E-state index in [9.17, 15) is 4.39 Å². The third-order valence-corrected chi connectivity index (χ3v) is 4.18. The van der Waals surface area contributed by atoms with Crippen LogP contribution in [0.1, 0.15) is 12.0 Å². The van der Waals surface area contributed by atoms with Gasteiger partial charge in [-0.15, -0.1) is 0 Å². The van der Waals surface area contributed by atoms with Crippen LogP contribution >= 0.6 is 0 Å². The Kier molecular flexibility index (Phi) is 2.74. The van der Waals surface area contributed by atoms with Gasteiger partial charge in [0.25, 0.3) is 0 Å². The minimum Gasteiger partial charge on any atom is -0.488 e. The molecule has 0 unspecified atom stereocenters. The van der Waals surface area contributed by atoms with Crippen molar-refractivity contribution in [3.63, 3.8) is 0 Å². The van der Waals surface area contributed by atoms with E-state index in [4.69, 9.17) is 4.74 Å². The summed E-state index contributed by atoms with van der Waals surface area (Å²) in [6, 6.07) is 12.4. The molecule has 2 nitrogen and oxygen atoms in total. The van der Waals surface area contributed by atoms with Crippen molar-refractivity contribution >= 4 is 27.4 Å². The minimum atomic E-state index is -0.299. The Hall–Kier alpha value is -2.29. The first-order chi connectivity index (χ1) is 10.3. The highest BCUT2D eigenvalue weighted by Crippen LogP contribution is 2.43. The van der Waals surface area contributed by atoms with Gasteiger partial charge in [0, 0.05) is 23.0 Å². The molecule has 0 N–H and O–H groups in total. The smallest absolute Gasteiger partial charge is 0.137 e. The quantitative estimate of drug-likeness (QED) is 0.686. The average molecular weight is 281 g/mol. The molecule has 4 rings (SSSR count). The van der Waals surface area contributed by atoms with Gasteiger partial charge >= 0.3 is 0 Å². The Morgan fingerprint density at radius 1 is 1.14 bits per heavy atom. The second kappa shape index (κ2) is 4.62. The van der Waals surface area contributed by atoms with Crippen LogP contribution in [-0.4, -0.2) is 17.8 Å². The molecule has 1 aromatic heterocycles. The standard InChI is InChI=1S/C18H16FNO/c1-12-11-21-18-13(12)7-8-16-17(18)14-5-2-3-6-15(14)20(16)10-4-9-19/h2-3,5-8H,1,4,9-11H2. The lowest BCUT2D eigenvalue weighted by molar-refractivity contribution is 0.393. The number of hydrogen-bond acceptors (Lipinski definition) is 1. The molecule has 0 radical (unpaired) electrons. The molecule has 0 amide bonds. The molecular formula is C18H16FNO. The molecule has 3 aromatic rings. The van der Waals surface area contributed by atoms with Gasteiger partial charge in [0.15, 0.2) is 0 Å². The Labute approximate surface area is 122 Å². The number of para-hydroxylation sites is 1. The highest BCUT2D eigenvalue weighted by molar-refractivity contribution is 6.13. The van der Waals surface area contributed by atoms with Crippen LogP contribution in [0, 0.1) is 0 Å². The van der Waals surface area contributed by atoms with Crippen LogP contribution in [0.4, 0.5) is 4.39 Å². The number of ether oxygens (including phenoxy) is 1. The summed E-state index contributed by atoms with van der Waals surface area (Å²) in [5.41, 5.74) is 4.36. The maximum Gasteiger partial charge on any atom is 0.137 e. The lowest BCUT2D eigenvalue weighted by atomic mass is 10.0. The minimum absolute atomic E-state index is 0.299. The molecule has 0 saturated heterocycles. The zero-order valence-corrected chi connectivity index (χ0v) is 11.7. The molecule has 0 aliphatic carbocycles. The molecular weight excluding hydrogens is 265 g/mol. The van der Waals surface area contributed by atoms with Gasteiger partial charge in [-0.05, 0) is 30.2 Å². The van der Waals surface area contributed by atoms with Crippen LogP contribution in [-0.2, 0) is 6.54 Å². The third kappa shape index (κ3) is 1.70. The third-order valence-electron chi connectivity index (χ3n) is 4.18. The number of alkyl halides is 1. The summed E-state index contributed by atoms with van der Waals surface area (Å²) < 4.78 is 20.7. The van der Waals surface area contributed by atoms with E-state index >= 15 is 0 Å². The van der Waals surface area contributed by atoms with Crippen LogP contribution in [0.25, 0.3) is 27.4 Å². The second-order valence-corrected chi connectivity index (χ2v) is 5.44. The number of hydrogen-bond donors (Lipinski definition) is 0. The lowest BCUT2D eigenvalue weighted by Crippen LogP contribution is -1.98. The summed E-state index contributed by atoms with van der Waals surface area (Å²) in [5, 5.41) is 2.29. The van der Waals surface area contributed by atoms with Crippen molar-refractivity contribution in [3.05, 3.63) is 48.5 Å². The molecule has 1 aliphatic heterocycles. The van der Waals surface area contributed by atoms with E-state index in [-0.39, 0.29) is 6.67 Å². The summed E-state index contributed by atoms with van der Waals surface area (Å²) in [5.74, 6) is 0.924.